The summed E-state index contributed by atoms with van der Waals surface area (Å²) in [6, 6.07) is 0. The second kappa shape index (κ2) is 5.78. The SMILES string of the molecule is CCOCCNCc1c(C)noc1C. The van der Waals surface area contributed by atoms with Crippen LogP contribution in [0.2, 0.25) is 0 Å². The second-order valence-electron chi connectivity index (χ2n) is 3.18. The van der Waals surface area contributed by atoms with Crippen LogP contribution in [0.5, 0.6) is 0 Å². The van der Waals surface area contributed by atoms with Crippen molar-refractivity contribution in [2.75, 3.05) is 19.8 Å². The molecule has 0 spiro atoms. The minimum Gasteiger partial charge on any atom is -0.380 e. The topological polar surface area (TPSA) is 47.3 Å². The number of hydrogen-bond acceptors (Lipinski definition) is 4. The van der Waals surface area contributed by atoms with E-state index in [4.69, 9.17) is 9.26 Å². The Morgan fingerprint density at radius 2 is 2.21 bits per heavy atom. The molecule has 80 valence electrons. The molecule has 0 aromatic carbocycles. The van der Waals surface area contributed by atoms with E-state index in [-0.39, 0.29) is 0 Å². The van der Waals surface area contributed by atoms with Gasteiger partial charge >= 0.3 is 0 Å². The quantitative estimate of drug-likeness (QED) is 0.702. The molecule has 1 rings (SSSR count). The van der Waals surface area contributed by atoms with Crippen LogP contribution in [0.4, 0.5) is 0 Å². The molecular formula is C10H18N2O2. The molecule has 14 heavy (non-hydrogen) atoms. The van der Waals surface area contributed by atoms with Gasteiger partial charge < -0.3 is 14.6 Å². The zero-order valence-electron chi connectivity index (χ0n) is 9.09. The first kappa shape index (κ1) is 11.2. The van der Waals surface area contributed by atoms with E-state index in [1.165, 1.54) is 0 Å². The van der Waals surface area contributed by atoms with Gasteiger partial charge in [0, 0.05) is 25.3 Å². The van der Waals surface area contributed by atoms with E-state index in [9.17, 15) is 0 Å². The van der Waals surface area contributed by atoms with Gasteiger partial charge in [-0.1, -0.05) is 5.16 Å². The van der Waals surface area contributed by atoms with E-state index >= 15 is 0 Å². The maximum absolute atomic E-state index is 5.21. The maximum atomic E-state index is 5.21. The number of hydrogen-bond donors (Lipinski definition) is 1. The van der Waals surface area contributed by atoms with Crippen LogP contribution >= 0.6 is 0 Å². The first-order valence-electron chi connectivity index (χ1n) is 4.96. The number of aryl methyl sites for hydroxylation is 2. The molecule has 0 fully saturated rings. The van der Waals surface area contributed by atoms with Gasteiger partial charge in [0.05, 0.1) is 12.3 Å². The van der Waals surface area contributed by atoms with Crippen molar-refractivity contribution in [1.82, 2.24) is 10.5 Å². The predicted molar refractivity (Wildman–Crippen MR) is 54.2 cm³/mol. The first-order chi connectivity index (χ1) is 6.75. The van der Waals surface area contributed by atoms with Crippen LogP contribution in [0.3, 0.4) is 0 Å². The molecular weight excluding hydrogens is 180 g/mol. The van der Waals surface area contributed by atoms with Crippen molar-refractivity contribution in [3.05, 3.63) is 17.0 Å². The highest BCUT2D eigenvalue weighted by molar-refractivity contribution is 5.20. The first-order valence-corrected chi connectivity index (χ1v) is 4.96. The Balaban J connectivity index is 2.24. The molecule has 0 unspecified atom stereocenters. The minimum absolute atomic E-state index is 0.750. The van der Waals surface area contributed by atoms with Crippen molar-refractivity contribution in [2.45, 2.75) is 27.3 Å². The summed E-state index contributed by atoms with van der Waals surface area (Å²) in [5.74, 6) is 0.895. The van der Waals surface area contributed by atoms with Gasteiger partial charge in [0.2, 0.25) is 0 Å². The van der Waals surface area contributed by atoms with Crippen molar-refractivity contribution in [2.24, 2.45) is 0 Å². The number of nitrogens with one attached hydrogen (secondary N) is 1. The van der Waals surface area contributed by atoms with Crippen molar-refractivity contribution in [3.63, 3.8) is 0 Å². The Morgan fingerprint density at radius 3 is 2.79 bits per heavy atom. The van der Waals surface area contributed by atoms with Crippen LogP contribution in [-0.4, -0.2) is 24.9 Å². The lowest BCUT2D eigenvalue weighted by Crippen LogP contribution is -2.19. The lowest BCUT2D eigenvalue weighted by molar-refractivity contribution is 0.149. The zero-order chi connectivity index (χ0) is 10.4. The molecule has 0 saturated carbocycles. The van der Waals surface area contributed by atoms with Crippen LogP contribution in [0, 0.1) is 13.8 Å². The lowest BCUT2D eigenvalue weighted by Gasteiger charge is -2.03. The molecule has 1 N–H and O–H groups in total. The molecule has 0 aliphatic heterocycles. The fraction of sp³-hybridized carbons (Fsp3) is 0.700. The average molecular weight is 198 g/mol. The molecule has 1 heterocycles. The zero-order valence-corrected chi connectivity index (χ0v) is 9.09. The molecule has 0 amide bonds. The molecule has 0 atom stereocenters. The van der Waals surface area contributed by atoms with Crippen LogP contribution in [0.25, 0.3) is 0 Å². The Hall–Kier alpha value is -0.870. The summed E-state index contributed by atoms with van der Waals surface area (Å²) < 4.78 is 10.3. The second-order valence-corrected chi connectivity index (χ2v) is 3.18. The number of rotatable bonds is 6. The van der Waals surface area contributed by atoms with Gasteiger partial charge in [0.1, 0.15) is 5.76 Å². The van der Waals surface area contributed by atoms with Crippen molar-refractivity contribution >= 4 is 0 Å². The van der Waals surface area contributed by atoms with Gasteiger partial charge in [-0.3, -0.25) is 0 Å². The van der Waals surface area contributed by atoms with Gasteiger partial charge in [0.25, 0.3) is 0 Å². The van der Waals surface area contributed by atoms with Crippen LogP contribution < -0.4 is 5.32 Å². The third kappa shape index (κ3) is 3.12. The Bertz CT molecular complexity index is 252. The summed E-state index contributed by atoms with van der Waals surface area (Å²) in [7, 11) is 0. The maximum Gasteiger partial charge on any atom is 0.138 e. The summed E-state index contributed by atoms with van der Waals surface area (Å²) in [6.45, 7) is 9.06. The highest BCUT2D eigenvalue weighted by Crippen LogP contribution is 2.10. The molecule has 0 saturated heterocycles. The molecule has 0 aliphatic carbocycles. The molecule has 0 aliphatic rings. The number of aromatic nitrogens is 1. The predicted octanol–water partition coefficient (Wildman–Crippen LogP) is 1.42. The van der Waals surface area contributed by atoms with Gasteiger partial charge in [-0.2, -0.15) is 0 Å². The summed E-state index contributed by atoms with van der Waals surface area (Å²) in [5.41, 5.74) is 2.12. The fourth-order valence-corrected chi connectivity index (χ4v) is 1.26. The van der Waals surface area contributed by atoms with Crippen LogP contribution in [-0.2, 0) is 11.3 Å². The monoisotopic (exact) mass is 198 g/mol. The van der Waals surface area contributed by atoms with E-state index in [2.05, 4.69) is 10.5 Å². The van der Waals surface area contributed by atoms with E-state index < -0.39 is 0 Å². The Morgan fingerprint density at radius 1 is 1.43 bits per heavy atom. The van der Waals surface area contributed by atoms with E-state index in [1.54, 1.807) is 0 Å². The van der Waals surface area contributed by atoms with Gasteiger partial charge in [-0.15, -0.1) is 0 Å². The molecule has 1 aromatic rings. The smallest absolute Gasteiger partial charge is 0.138 e. The van der Waals surface area contributed by atoms with E-state index in [0.29, 0.717) is 0 Å². The fourth-order valence-electron chi connectivity index (χ4n) is 1.26. The Labute approximate surface area is 84.6 Å². The lowest BCUT2D eigenvalue weighted by atomic mass is 10.2. The summed E-state index contributed by atoms with van der Waals surface area (Å²) in [5, 5.41) is 7.16. The Kier molecular flexibility index (Phi) is 4.62. The van der Waals surface area contributed by atoms with Crippen molar-refractivity contribution in [1.29, 1.82) is 0 Å². The van der Waals surface area contributed by atoms with Crippen LogP contribution in [0.15, 0.2) is 4.52 Å². The summed E-state index contributed by atoms with van der Waals surface area (Å²) in [4.78, 5) is 0. The van der Waals surface area contributed by atoms with Gasteiger partial charge in [-0.05, 0) is 20.8 Å². The minimum atomic E-state index is 0.750. The molecule has 4 heteroatoms. The average Bonchev–Trinajstić information content (AvgIpc) is 2.48. The molecule has 0 radical (unpaired) electrons. The number of nitrogens with zero attached hydrogens (tertiary/aromatic N) is 1. The summed E-state index contributed by atoms with van der Waals surface area (Å²) in [6.07, 6.45) is 0. The third-order valence-electron chi connectivity index (χ3n) is 2.11. The molecule has 1 aromatic heterocycles. The number of ether oxygens (including phenoxy) is 1. The van der Waals surface area contributed by atoms with Gasteiger partial charge in [0.15, 0.2) is 0 Å². The highest BCUT2D eigenvalue weighted by atomic mass is 16.5. The standard InChI is InChI=1S/C10H18N2O2/c1-4-13-6-5-11-7-10-8(2)12-14-9(10)3/h11H,4-7H2,1-3H3. The van der Waals surface area contributed by atoms with E-state index in [1.807, 2.05) is 20.8 Å². The molecule has 4 nitrogen and oxygen atoms in total. The normalized spacial score (nSPS) is 10.8. The van der Waals surface area contributed by atoms with Crippen molar-refractivity contribution in [3.8, 4) is 0 Å². The third-order valence-corrected chi connectivity index (χ3v) is 2.11. The summed E-state index contributed by atoms with van der Waals surface area (Å²) >= 11 is 0. The van der Waals surface area contributed by atoms with Crippen molar-refractivity contribution < 1.29 is 9.26 Å². The van der Waals surface area contributed by atoms with Crippen LogP contribution in [0.1, 0.15) is 23.9 Å². The van der Waals surface area contributed by atoms with Gasteiger partial charge in [-0.25, -0.2) is 0 Å². The highest BCUT2D eigenvalue weighted by Gasteiger charge is 2.07. The largest absolute Gasteiger partial charge is 0.380 e. The van der Waals surface area contributed by atoms with E-state index in [0.717, 1.165) is 43.3 Å². The molecule has 0 bridgehead atoms.